The van der Waals surface area contributed by atoms with Crippen LogP contribution < -0.4 is 4.74 Å². The summed E-state index contributed by atoms with van der Waals surface area (Å²) in [5.41, 5.74) is 14.6. The molecular weight excluding hydrogens is 769 g/mol. The van der Waals surface area contributed by atoms with Gasteiger partial charge < -0.3 is 39.7 Å². The molecule has 8 heteroatoms. The fourth-order valence-electron chi connectivity index (χ4n) is 7.80. The summed E-state index contributed by atoms with van der Waals surface area (Å²) in [5.74, 6) is 2.24. The molecule has 1 saturated carbocycles. The molecular formula is C54H96N4O4. The van der Waals surface area contributed by atoms with Crippen LogP contribution in [0.2, 0.25) is 0 Å². The highest BCUT2D eigenvalue weighted by Crippen LogP contribution is 2.38. The van der Waals surface area contributed by atoms with Crippen molar-refractivity contribution >= 4 is 0 Å². The summed E-state index contributed by atoms with van der Waals surface area (Å²) < 4.78 is 11.5. The summed E-state index contributed by atoms with van der Waals surface area (Å²) in [6.07, 6.45) is 1.82. The van der Waals surface area contributed by atoms with Gasteiger partial charge in [0.2, 0.25) is 0 Å². The van der Waals surface area contributed by atoms with E-state index in [1.54, 1.807) is 0 Å². The molecule has 356 valence electrons. The minimum atomic E-state index is -0.674. The van der Waals surface area contributed by atoms with E-state index in [2.05, 4.69) is 181 Å². The molecule has 1 fully saturated rings. The summed E-state index contributed by atoms with van der Waals surface area (Å²) in [5, 5.41) is 10.9. The Hall–Kier alpha value is -2.82. The monoisotopic (exact) mass is 865 g/mol. The van der Waals surface area contributed by atoms with E-state index in [0.29, 0.717) is 25.0 Å². The van der Waals surface area contributed by atoms with E-state index < -0.39 is 5.60 Å². The van der Waals surface area contributed by atoms with E-state index in [4.69, 9.17) is 9.47 Å². The van der Waals surface area contributed by atoms with Crippen molar-refractivity contribution < 1.29 is 20.1 Å². The molecule has 62 heavy (non-hydrogen) atoms. The fourth-order valence-corrected chi connectivity index (χ4v) is 7.80. The highest BCUT2D eigenvalue weighted by atomic mass is 16.5. The zero-order valence-corrected chi connectivity index (χ0v) is 43.7. The quantitative estimate of drug-likeness (QED) is 0.154. The molecule has 1 aliphatic rings. The summed E-state index contributed by atoms with van der Waals surface area (Å²) in [6, 6.07) is 13.6. The normalized spacial score (nSPS) is 18.4. The molecule has 0 heterocycles. The topological polar surface area (TPSA) is 83.2 Å². The van der Waals surface area contributed by atoms with Gasteiger partial charge >= 0.3 is 0 Å². The molecule has 3 aromatic carbocycles. The van der Waals surface area contributed by atoms with Crippen LogP contribution in [0.15, 0.2) is 36.4 Å². The number of nitrogens with zero attached hydrogens (tertiary/aromatic N) is 4. The smallest absolute Gasteiger partial charge is 0.124 e. The Bertz CT molecular complexity index is 1600. The molecule has 0 saturated heterocycles. The Morgan fingerprint density at radius 2 is 0.952 bits per heavy atom. The SMILES string of the molecule is CCN(C)Cc1cc(C)c(C)c(C)c1.CCN(C)Cc1cc(C)c(C)c(C)c1.CCOC1CC(C)C(C)CC1(O)CN(C)CC.CCOc1cc(C)c(C)cc1CN(C)CC.O. The molecule has 1 aliphatic carbocycles. The third-order valence-electron chi connectivity index (χ3n) is 13.2. The van der Waals surface area contributed by atoms with Crippen molar-refractivity contribution in [1.82, 2.24) is 19.6 Å². The second-order valence-corrected chi connectivity index (χ2v) is 18.5. The molecule has 3 N–H and O–H groups in total. The van der Waals surface area contributed by atoms with E-state index in [9.17, 15) is 5.11 Å². The molecule has 0 radical (unpaired) electrons. The number of aliphatic hydroxyl groups is 1. The van der Waals surface area contributed by atoms with Gasteiger partial charge in [0.05, 0.1) is 12.7 Å². The number of rotatable bonds is 16. The Balaban J connectivity index is 0.000000798. The Labute approximate surface area is 382 Å². The predicted molar refractivity (Wildman–Crippen MR) is 269 cm³/mol. The van der Waals surface area contributed by atoms with Crippen LogP contribution >= 0.6 is 0 Å². The van der Waals surface area contributed by atoms with Gasteiger partial charge in [-0.25, -0.2) is 0 Å². The summed E-state index contributed by atoms with van der Waals surface area (Å²) in [7, 11) is 8.50. The van der Waals surface area contributed by atoms with Gasteiger partial charge in [-0.3, -0.25) is 0 Å². The highest BCUT2D eigenvalue weighted by Gasteiger charge is 2.45. The first-order valence-electron chi connectivity index (χ1n) is 23.5. The lowest BCUT2D eigenvalue weighted by atomic mass is 9.71. The average Bonchev–Trinajstić information content (AvgIpc) is 3.20. The zero-order valence-electron chi connectivity index (χ0n) is 43.7. The fraction of sp³-hybridized carbons (Fsp3) is 0.667. The van der Waals surface area contributed by atoms with Crippen molar-refractivity contribution in [1.29, 1.82) is 0 Å². The van der Waals surface area contributed by atoms with Gasteiger partial charge in [-0.2, -0.15) is 0 Å². The van der Waals surface area contributed by atoms with E-state index >= 15 is 0 Å². The first kappa shape index (κ1) is 59.2. The van der Waals surface area contributed by atoms with Gasteiger partial charge in [0, 0.05) is 38.3 Å². The van der Waals surface area contributed by atoms with Gasteiger partial charge in [0.25, 0.3) is 0 Å². The Morgan fingerprint density at radius 3 is 1.34 bits per heavy atom. The lowest BCUT2D eigenvalue weighted by Crippen LogP contribution is -2.56. The second-order valence-electron chi connectivity index (χ2n) is 18.5. The molecule has 3 aromatic rings. The van der Waals surface area contributed by atoms with Crippen LogP contribution in [0.25, 0.3) is 0 Å². The molecule has 4 atom stereocenters. The maximum Gasteiger partial charge on any atom is 0.124 e. The van der Waals surface area contributed by atoms with E-state index in [0.717, 1.165) is 71.0 Å². The first-order chi connectivity index (χ1) is 28.6. The molecule has 0 amide bonds. The van der Waals surface area contributed by atoms with Crippen molar-refractivity contribution in [3.63, 3.8) is 0 Å². The second kappa shape index (κ2) is 29.6. The van der Waals surface area contributed by atoms with Gasteiger partial charge in [-0.15, -0.1) is 0 Å². The molecule has 8 nitrogen and oxygen atoms in total. The van der Waals surface area contributed by atoms with Crippen LogP contribution in [0.4, 0.5) is 0 Å². The van der Waals surface area contributed by atoms with Crippen molar-refractivity contribution in [2.75, 3.05) is 74.1 Å². The van der Waals surface area contributed by atoms with Crippen molar-refractivity contribution in [3.8, 4) is 5.75 Å². The third kappa shape index (κ3) is 19.9. The number of hydrogen-bond donors (Lipinski definition) is 1. The van der Waals surface area contributed by atoms with Gasteiger partial charge in [-0.05, 0) is 210 Å². The summed E-state index contributed by atoms with van der Waals surface area (Å²) in [4.78, 5) is 9.11. The zero-order chi connectivity index (χ0) is 46.6. The van der Waals surface area contributed by atoms with E-state index in [1.807, 2.05) is 13.8 Å². The molecule has 0 bridgehead atoms. The molecule has 0 aromatic heterocycles. The number of aryl methyl sites for hydroxylation is 6. The Morgan fingerprint density at radius 1 is 0.548 bits per heavy atom. The maximum absolute atomic E-state index is 10.9. The molecule has 0 spiro atoms. The largest absolute Gasteiger partial charge is 0.494 e. The standard InChI is InChI=1S/C14H29NO2.C14H23NO.2C13H21N.H2O/c1-6-15(5)10-14(16)9-12(4)11(3)8-13(14)17-7-2;1-6-15(5)10-13-8-11(3)12(4)9-14(13)16-7-2;2*1-6-14(5)9-13-7-10(2)12(4)11(3)8-13;/h11-13,16H,6-10H2,1-5H3;8-9H,6-7,10H2,1-5H3;2*7-8H,6,9H2,1-5H3;1H2. The predicted octanol–water partition coefficient (Wildman–Crippen LogP) is 10.6. The third-order valence-corrected chi connectivity index (χ3v) is 13.2. The van der Waals surface area contributed by atoms with Crippen LogP contribution in [0.5, 0.6) is 5.75 Å². The molecule has 4 unspecified atom stereocenters. The minimum Gasteiger partial charge on any atom is -0.494 e. The van der Waals surface area contributed by atoms with E-state index in [1.165, 1.54) is 61.2 Å². The molecule has 4 rings (SSSR count). The number of hydrogen-bond acceptors (Lipinski definition) is 7. The maximum atomic E-state index is 10.9. The lowest BCUT2D eigenvalue weighted by Gasteiger charge is -2.46. The summed E-state index contributed by atoms with van der Waals surface area (Å²) in [6.45, 7) is 44.1. The number of benzene rings is 3. The van der Waals surface area contributed by atoms with Gasteiger partial charge in [-0.1, -0.05) is 71.9 Å². The highest BCUT2D eigenvalue weighted by molar-refractivity contribution is 5.42. The summed E-state index contributed by atoms with van der Waals surface area (Å²) >= 11 is 0. The van der Waals surface area contributed by atoms with Crippen LogP contribution in [0, 0.1) is 67.2 Å². The Kier molecular flexibility index (Phi) is 28.2. The van der Waals surface area contributed by atoms with Crippen LogP contribution in [0.1, 0.15) is 129 Å². The minimum absolute atomic E-state index is 0. The first-order valence-corrected chi connectivity index (χ1v) is 23.5. The number of likely N-dealkylation sites (N-methyl/N-ethyl adjacent to an activating group) is 1. The lowest BCUT2D eigenvalue weighted by molar-refractivity contribution is -0.157. The van der Waals surface area contributed by atoms with Gasteiger partial charge in [0.1, 0.15) is 11.4 Å². The van der Waals surface area contributed by atoms with Crippen LogP contribution in [-0.4, -0.2) is 116 Å². The average molecular weight is 865 g/mol. The number of ether oxygens (including phenoxy) is 2. The van der Waals surface area contributed by atoms with E-state index in [-0.39, 0.29) is 11.6 Å². The van der Waals surface area contributed by atoms with Crippen molar-refractivity contribution in [3.05, 3.63) is 97.6 Å². The van der Waals surface area contributed by atoms with Crippen LogP contribution in [0.3, 0.4) is 0 Å². The van der Waals surface area contributed by atoms with Gasteiger partial charge in [0.15, 0.2) is 0 Å². The van der Waals surface area contributed by atoms with Crippen molar-refractivity contribution in [2.24, 2.45) is 11.8 Å². The molecule has 0 aliphatic heterocycles. The van der Waals surface area contributed by atoms with Crippen molar-refractivity contribution in [2.45, 2.75) is 155 Å². The van der Waals surface area contributed by atoms with Crippen LogP contribution in [-0.2, 0) is 24.4 Å².